The summed E-state index contributed by atoms with van der Waals surface area (Å²) in [4.78, 5) is 15.5. The van der Waals surface area contributed by atoms with Crippen LogP contribution in [0, 0.1) is 10.1 Å². The number of anilines is 1. The highest BCUT2D eigenvalue weighted by Gasteiger charge is 2.19. The Bertz CT molecular complexity index is 545. The molecule has 6 nitrogen and oxygen atoms in total. The number of thiophene rings is 1. The predicted octanol–water partition coefficient (Wildman–Crippen LogP) is 2.59. The number of nitro groups is 1. The SMILES string of the molecule is O=[N+]([O-])c1cccnc1N[C@H](CCO)c1cccs1. The fourth-order valence-electron chi connectivity index (χ4n) is 1.72. The van der Waals surface area contributed by atoms with Crippen molar-refractivity contribution < 1.29 is 10.0 Å². The van der Waals surface area contributed by atoms with Gasteiger partial charge >= 0.3 is 5.69 Å². The van der Waals surface area contributed by atoms with E-state index in [1.807, 2.05) is 17.5 Å². The minimum atomic E-state index is -0.472. The normalized spacial score (nSPS) is 12.1. The maximum Gasteiger partial charge on any atom is 0.311 e. The molecule has 0 saturated heterocycles. The molecule has 100 valence electrons. The van der Waals surface area contributed by atoms with Crippen LogP contribution < -0.4 is 5.32 Å². The summed E-state index contributed by atoms with van der Waals surface area (Å²) in [5.41, 5.74) is -0.0676. The lowest BCUT2D eigenvalue weighted by Crippen LogP contribution is -2.13. The molecule has 0 aliphatic heterocycles. The number of rotatable bonds is 6. The Morgan fingerprint density at radius 2 is 2.32 bits per heavy atom. The van der Waals surface area contributed by atoms with Gasteiger partial charge in [-0.05, 0) is 23.9 Å². The fraction of sp³-hybridized carbons (Fsp3) is 0.250. The van der Waals surface area contributed by atoms with Gasteiger partial charge in [-0.1, -0.05) is 6.07 Å². The summed E-state index contributed by atoms with van der Waals surface area (Å²) < 4.78 is 0. The summed E-state index contributed by atoms with van der Waals surface area (Å²) in [6, 6.07) is 6.57. The van der Waals surface area contributed by atoms with Crippen LogP contribution in [-0.4, -0.2) is 21.6 Å². The second-order valence-corrected chi connectivity index (χ2v) is 4.83. The Kier molecular flexibility index (Phi) is 4.43. The minimum Gasteiger partial charge on any atom is -0.396 e. The molecule has 0 aromatic carbocycles. The van der Waals surface area contributed by atoms with Crippen molar-refractivity contribution >= 4 is 22.8 Å². The molecule has 2 aromatic heterocycles. The van der Waals surface area contributed by atoms with Gasteiger partial charge in [-0.3, -0.25) is 10.1 Å². The van der Waals surface area contributed by atoms with E-state index >= 15 is 0 Å². The largest absolute Gasteiger partial charge is 0.396 e. The molecule has 0 radical (unpaired) electrons. The number of aliphatic hydroxyl groups is 1. The molecule has 19 heavy (non-hydrogen) atoms. The number of hydrogen-bond acceptors (Lipinski definition) is 6. The van der Waals surface area contributed by atoms with Crippen molar-refractivity contribution in [3.05, 3.63) is 50.8 Å². The van der Waals surface area contributed by atoms with Gasteiger partial charge in [0.15, 0.2) is 0 Å². The lowest BCUT2D eigenvalue weighted by atomic mass is 10.1. The van der Waals surface area contributed by atoms with Gasteiger partial charge in [0.2, 0.25) is 5.82 Å². The molecule has 2 aromatic rings. The highest BCUT2D eigenvalue weighted by atomic mass is 32.1. The molecule has 2 heterocycles. The van der Waals surface area contributed by atoms with Gasteiger partial charge in [0, 0.05) is 23.7 Å². The van der Waals surface area contributed by atoms with Crippen molar-refractivity contribution in [3.8, 4) is 0 Å². The van der Waals surface area contributed by atoms with E-state index in [2.05, 4.69) is 10.3 Å². The molecule has 0 fully saturated rings. The fourth-order valence-corrected chi connectivity index (χ4v) is 2.54. The van der Waals surface area contributed by atoms with E-state index in [-0.39, 0.29) is 24.2 Å². The number of pyridine rings is 1. The first-order valence-corrected chi connectivity index (χ1v) is 6.60. The van der Waals surface area contributed by atoms with Gasteiger partial charge in [-0.15, -0.1) is 11.3 Å². The van der Waals surface area contributed by atoms with Crippen molar-refractivity contribution in [1.29, 1.82) is 0 Å². The average Bonchev–Trinajstić information content (AvgIpc) is 2.92. The van der Waals surface area contributed by atoms with Crippen molar-refractivity contribution in [2.24, 2.45) is 0 Å². The summed E-state index contributed by atoms with van der Waals surface area (Å²) in [6.07, 6.45) is 1.97. The van der Waals surface area contributed by atoms with Crippen molar-refractivity contribution in [1.82, 2.24) is 4.98 Å². The molecule has 0 unspecified atom stereocenters. The summed E-state index contributed by atoms with van der Waals surface area (Å²) in [5.74, 6) is 0.222. The monoisotopic (exact) mass is 279 g/mol. The second kappa shape index (κ2) is 6.26. The third-order valence-corrected chi connectivity index (χ3v) is 3.58. The zero-order valence-electron chi connectivity index (χ0n) is 10.0. The Morgan fingerprint density at radius 3 is 2.95 bits per heavy atom. The van der Waals surface area contributed by atoms with Crippen LogP contribution in [0.2, 0.25) is 0 Å². The van der Waals surface area contributed by atoms with E-state index in [4.69, 9.17) is 5.11 Å². The topological polar surface area (TPSA) is 88.3 Å². The smallest absolute Gasteiger partial charge is 0.311 e. The van der Waals surface area contributed by atoms with E-state index in [1.165, 1.54) is 29.7 Å². The van der Waals surface area contributed by atoms with Crippen molar-refractivity contribution in [2.45, 2.75) is 12.5 Å². The first-order valence-electron chi connectivity index (χ1n) is 5.72. The average molecular weight is 279 g/mol. The molecule has 7 heteroatoms. The van der Waals surface area contributed by atoms with Crippen LogP contribution in [0.4, 0.5) is 11.5 Å². The summed E-state index contributed by atoms with van der Waals surface area (Å²) in [7, 11) is 0. The lowest BCUT2D eigenvalue weighted by molar-refractivity contribution is -0.384. The summed E-state index contributed by atoms with van der Waals surface area (Å²) in [6.45, 7) is -0.00377. The van der Waals surface area contributed by atoms with Crippen LogP contribution in [0.25, 0.3) is 0 Å². The maximum atomic E-state index is 10.9. The van der Waals surface area contributed by atoms with E-state index in [0.717, 1.165) is 4.88 Å². The summed E-state index contributed by atoms with van der Waals surface area (Å²) >= 11 is 1.53. The first kappa shape index (κ1) is 13.4. The molecule has 0 amide bonds. The quantitative estimate of drug-likeness (QED) is 0.626. The Labute approximate surface area is 113 Å². The van der Waals surface area contributed by atoms with Crippen LogP contribution >= 0.6 is 11.3 Å². The van der Waals surface area contributed by atoms with Crippen molar-refractivity contribution in [2.75, 3.05) is 11.9 Å². The van der Waals surface area contributed by atoms with Gasteiger partial charge in [0.25, 0.3) is 0 Å². The van der Waals surface area contributed by atoms with Crippen LogP contribution in [0.15, 0.2) is 35.8 Å². The molecule has 0 spiro atoms. The zero-order valence-corrected chi connectivity index (χ0v) is 10.8. The highest BCUT2D eigenvalue weighted by molar-refractivity contribution is 7.10. The molecule has 0 aliphatic rings. The Hall–Kier alpha value is -1.99. The molecule has 2 N–H and O–H groups in total. The van der Waals surface area contributed by atoms with Gasteiger partial charge in [0.1, 0.15) is 0 Å². The van der Waals surface area contributed by atoms with E-state index in [1.54, 1.807) is 0 Å². The molecular formula is C12H13N3O3S. The maximum absolute atomic E-state index is 10.9. The molecule has 0 aliphatic carbocycles. The molecule has 0 saturated carbocycles. The third kappa shape index (κ3) is 3.27. The predicted molar refractivity (Wildman–Crippen MR) is 73.3 cm³/mol. The Morgan fingerprint density at radius 1 is 1.47 bits per heavy atom. The molecular weight excluding hydrogens is 266 g/mol. The number of aromatic nitrogens is 1. The van der Waals surface area contributed by atoms with Gasteiger partial charge in [0.05, 0.1) is 11.0 Å². The van der Waals surface area contributed by atoms with Crippen LogP contribution in [0.1, 0.15) is 17.3 Å². The zero-order chi connectivity index (χ0) is 13.7. The van der Waals surface area contributed by atoms with Gasteiger partial charge < -0.3 is 10.4 Å². The van der Waals surface area contributed by atoms with Gasteiger partial charge in [-0.2, -0.15) is 0 Å². The summed E-state index contributed by atoms with van der Waals surface area (Å²) in [5, 5.41) is 25.0. The lowest BCUT2D eigenvalue weighted by Gasteiger charge is -2.16. The molecule has 1 atom stereocenters. The van der Waals surface area contributed by atoms with Gasteiger partial charge in [-0.25, -0.2) is 4.98 Å². The highest BCUT2D eigenvalue weighted by Crippen LogP contribution is 2.29. The minimum absolute atomic E-state index is 0.00377. The number of nitrogens with zero attached hydrogens (tertiary/aromatic N) is 2. The Balaban J connectivity index is 2.25. The number of hydrogen-bond donors (Lipinski definition) is 2. The van der Waals surface area contributed by atoms with E-state index < -0.39 is 4.92 Å². The number of nitrogens with one attached hydrogen (secondary N) is 1. The van der Waals surface area contributed by atoms with E-state index in [0.29, 0.717) is 6.42 Å². The first-order chi connectivity index (χ1) is 9.22. The van der Waals surface area contributed by atoms with E-state index in [9.17, 15) is 10.1 Å². The standard InChI is InChI=1S/C12H13N3O3S/c16-7-5-9(11-4-2-8-19-11)14-12-10(15(17)18)3-1-6-13-12/h1-4,6,8-9,16H,5,7H2,(H,13,14)/t9-/m1/s1. The third-order valence-electron chi connectivity index (χ3n) is 2.60. The van der Waals surface area contributed by atoms with Crippen LogP contribution in [0.5, 0.6) is 0 Å². The number of aliphatic hydroxyl groups excluding tert-OH is 1. The molecule has 2 rings (SSSR count). The van der Waals surface area contributed by atoms with Crippen molar-refractivity contribution in [3.63, 3.8) is 0 Å². The molecule has 0 bridgehead atoms. The van der Waals surface area contributed by atoms with Crippen LogP contribution in [0.3, 0.4) is 0 Å². The van der Waals surface area contributed by atoms with Crippen LogP contribution in [-0.2, 0) is 0 Å². The second-order valence-electron chi connectivity index (χ2n) is 3.85.